The zero-order chi connectivity index (χ0) is 74.3. The van der Waals surface area contributed by atoms with Crippen molar-refractivity contribution in [3.8, 4) is 0 Å². The van der Waals surface area contributed by atoms with Crippen LogP contribution in [0.25, 0.3) is 0 Å². The summed E-state index contributed by atoms with van der Waals surface area (Å²) in [6.45, 7) is 3.71. The van der Waals surface area contributed by atoms with Gasteiger partial charge in [-0.25, -0.2) is 4.57 Å². The lowest BCUT2D eigenvalue weighted by atomic mass is 10.0. The Morgan fingerprint density at radius 3 is 0.806 bits per heavy atom. The molecule has 0 rings (SSSR count). The van der Waals surface area contributed by atoms with Gasteiger partial charge in [0.05, 0.1) is 13.2 Å². The Morgan fingerprint density at radius 2 is 0.534 bits per heavy atom. The van der Waals surface area contributed by atoms with Crippen molar-refractivity contribution in [3.63, 3.8) is 0 Å². The Morgan fingerprint density at radius 1 is 0.301 bits per heavy atom. The van der Waals surface area contributed by atoms with Crippen LogP contribution in [0.5, 0.6) is 0 Å². The topological polar surface area (TPSA) is 134 Å². The van der Waals surface area contributed by atoms with Crippen molar-refractivity contribution >= 4 is 19.8 Å². The van der Waals surface area contributed by atoms with E-state index in [0.29, 0.717) is 6.42 Å². The number of rotatable bonds is 86. The van der Waals surface area contributed by atoms with E-state index in [-0.39, 0.29) is 38.6 Å². The first-order valence-corrected chi connectivity index (χ1v) is 46.6. The molecule has 0 aliphatic carbocycles. The molecular formula is C93H172NO8P. The predicted molar refractivity (Wildman–Crippen MR) is 450 cm³/mol. The number of nitrogens with two attached hydrogens (primary N) is 1. The molecule has 0 aromatic carbocycles. The number of allylic oxidation sites excluding steroid dienone is 14. The summed E-state index contributed by atoms with van der Waals surface area (Å²) in [6, 6.07) is 0. The fourth-order valence-corrected chi connectivity index (χ4v) is 14.4. The molecule has 0 aromatic rings. The molecule has 0 saturated carbocycles. The van der Waals surface area contributed by atoms with E-state index in [1.807, 2.05) is 0 Å². The van der Waals surface area contributed by atoms with Crippen LogP contribution in [-0.4, -0.2) is 49.3 Å². The first-order valence-electron chi connectivity index (χ1n) is 45.1. The van der Waals surface area contributed by atoms with Gasteiger partial charge in [0.15, 0.2) is 6.10 Å². The molecule has 602 valence electrons. The molecule has 0 bridgehead atoms. The van der Waals surface area contributed by atoms with Crippen molar-refractivity contribution in [1.29, 1.82) is 0 Å². The lowest BCUT2D eigenvalue weighted by molar-refractivity contribution is -0.161. The second-order valence-electron chi connectivity index (χ2n) is 30.4. The number of esters is 2. The highest BCUT2D eigenvalue weighted by Crippen LogP contribution is 2.43. The third-order valence-corrected chi connectivity index (χ3v) is 21.2. The number of unbranched alkanes of at least 4 members (excludes halogenated alkanes) is 59. The summed E-state index contributed by atoms with van der Waals surface area (Å²) in [5, 5.41) is 0. The highest BCUT2D eigenvalue weighted by Gasteiger charge is 2.26. The molecular weight excluding hydrogens is 1290 g/mol. The van der Waals surface area contributed by atoms with Crippen LogP contribution in [0.3, 0.4) is 0 Å². The van der Waals surface area contributed by atoms with Crippen LogP contribution in [0, 0.1) is 0 Å². The van der Waals surface area contributed by atoms with Gasteiger partial charge < -0.3 is 20.1 Å². The third kappa shape index (κ3) is 88.0. The molecule has 2 atom stereocenters. The molecule has 3 N–H and O–H groups in total. The molecule has 0 saturated heterocycles. The molecule has 0 aliphatic rings. The standard InChI is InChI=1S/C93H172NO8P/c1-3-5-7-9-11-13-15-17-19-21-23-25-27-29-31-33-35-37-39-41-43-45-47-49-51-53-55-57-59-61-63-65-67-69-71-73-75-77-79-81-83-85-92(95)99-89-91(90-101-103(97,98)100-88-87-94)102-93(96)86-84-82-80-78-76-74-72-70-68-66-64-62-60-58-56-54-52-50-48-46-44-42-40-38-36-34-32-30-28-26-24-22-20-18-16-14-12-10-8-6-4-2/h6,8,12,14,18,20-21,23-24,26,30,32,36,38,91H,3-5,7,9-11,13,15-17,19,22,25,27-29,31,33-35,37,39-90,94H2,1-2H3,(H,97,98)/b8-6-,14-12-,20-18-,23-21-,26-24-,32-30-,38-36-. The SMILES string of the molecule is CC/C=C\C/C=C\C/C=C\C/C=C\C/C=C\C/C=C\CCCCCCCCCCCCCCCCCCCCCCCCC(=O)OC(COC(=O)CCCCCCCCCCCCCCCCCCCCCCCCCCCCCCC/C=C\CCCCCCCCCC)COP(=O)(O)OCCN. The first-order chi connectivity index (χ1) is 50.8. The summed E-state index contributed by atoms with van der Waals surface area (Å²) >= 11 is 0. The van der Waals surface area contributed by atoms with Crippen molar-refractivity contribution in [2.24, 2.45) is 5.73 Å². The van der Waals surface area contributed by atoms with E-state index < -0.39 is 26.5 Å². The summed E-state index contributed by atoms with van der Waals surface area (Å²) in [7, 11) is -4.40. The minimum Gasteiger partial charge on any atom is -0.462 e. The molecule has 103 heavy (non-hydrogen) atoms. The number of phosphoric acid groups is 1. The minimum absolute atomic E-state index is 0.0550. The van der Waals surface area contributed by atoms with Gasteiger partial charge in [0.1, 0.15) is 6.61 Å². The van der Waals surface area contributed by atoms with Crippen LogP contribution < -0.4 is 5.73 Å². The van der Waals surface area contributed by atoms with E-state index in [0.717, 1.165) is 70.6 Å². The molecule has 0 aromatic heterocycles. The molecule has 0 fully saturated rings. The van der Waals surface area contributed by atoms with Gasteiger partial charge in [0.2, 0.25) is 0 Å². The summed E-state index contributed by atoms with van der Waals surface area (Å²) in [4.78, 5) is 35.5. The lowest BCUT2D eigenvalue weighted by Crippen LogP contribution is -2.29. The van der Waals surface area contributed by atoms with Crippen LogP contribution >= 0.6 is 7.82 Å². The van der Waals surface area contributed by atoms with Crippen LogP contribution in [-0.2, 0) is 32.7 Å². The minimum atomic E-state index is -4.40. The average Bonchev–Trinajstić information content (AvgIpc) is 0.970. The largest absolute Gasteiger partial charge is 0.472 e. The number of carbonyl (C=O) groups excluding carboxylic acids is 2. The second kappa shape index (κ2) is 88.1. The fourth-order valence-electron chi connectivity index (χ4n) is 13.6. The van der Waals surface area contributed by atoms with E-state index in [4.69, 9.17) is 24.3 Å². The fraction of sp³-hybridized carbons (Fsp3) is 0.828. The van der Waals surface area contributed by atoms with Gasteiger partial charge in [-0.1, -0.05) is 446 Å². The first kappa shape index (κ1) is 100. The summed E-state index contributed by atoms with van der Waals surface area (Å²) in [5.74, 6) is -0.802. The maximum Gasteiger partial charge on any atom is 0.472 e. The van der Waals surface area contributed by atoms with Crippen molar-refractivity contribution in [3.05, 3.63) is 85.1 Å². The lowest BCUT2D eigenvalue weighted by Gasteiger charge is -2.19. The number of ether oxygens (including phenoxy) is 2. The van der Waals surface area contributed by atoms with Gasteiger partial charge in [0, 0.05) is 19.4 Å². The predicted octanol–water partition coefficient (Wildman–Crippen LogP) is 30.8. The number of hydrogen-bond donors (Lipinski definition) is 2. The summed E-state index contributed by atoms with van der Waals surface area (Å²) < 4.78 is 33.4. The maximum atomic E-state index is 12.8. The van der Waals surface area contributed by atoms with Crippen LogP contribution in [0.2, 0.25) is 0 Å². The highest BCUT2D eigenvalue weighted by molar-refractivity contribution is 7.47. The molecule has 0 aliphatic heterocycles. The quantitative estimate of drug-likeness (QED) is 0.0264. The van der Waals surface area contributed by atoms with E-state index in [2.05, 4.69) is 98.9 Å². The molecule has 2 unspecified atom stereocenters. The van der Waals surface area contributed by atoms with E-state index in [9.17, 15) is 19.0 Å². The van der Waals surface area contributed by atoms with E-state index >= 15 is 0 Å². The summed E-state index contributed by atoms with van der Waals surface area (Å²) in [5.41, 5.74) is 5.43. The third-order valence-electron chi connectivity index (χ3n) is 20.3. The van der Waals surface area contributed by atoms with E-state index in [1.54, 1.807) is 0 Å². The maximum absolute atomic E-state index is 12.8. The second-order valence-corrected chi connectivity index (χ2v) is 31.9. The molecule has 0 amide bonds. The van der Waals surface area contributed by atoms with Gasteiger partial charge in [-0.2, -0.15) is 0 Å². The van der Waals surface area contributed by atoms with Crippen molar-refractivity contribution < 1.29 is 37.6 Å². The van der Waals surface area contributed by atoms with Gasteiger partial charge in [0.25, 0.3) is 0 Å². The highest BCUT2D eigenvalue weighted by atomic mass is 31.2. The zero-order valence-electron chi connectivity index (χ0n) is 68.3. The van der Waals surface area contributed by atoms with Crippen molar-refractivity contribution in [2.45, 2.75) is 469 Å². The van der Waals surface area contributed by atoms with Crippen LogP contribution in [0.1, 0.15) is 463 Å². The van der Waals surface area contributed by atoms with Gasteiger partial charge in [-0.15, -0.1) is 0 Å². The van der Waals surface area contributed by atoms with Crippen LogP contribution in [0.4, 0.5) is 0 Å². The Labute approximate surface area is 640 Å². The van der Waals surface area contributed by atoms with Gasteiger partial charge in [-0.05, 0) is 89.9 Å². The molecule has 0 radical (unpaired) electrons. The Bertz CT molecular complexity index is 1980. The Hall–Kier alpha value is -2.81. The molecule has 10 heteroatoms. The Kier molecular flexibility index (Phi) is 85.7. The van der Waals surface area contributed by atoms with Gasteiger partial charge >= 0.3 is 19.8 Å². The summed E-state index contributed by atoms with van der Waals surface area (Å²) in [6.07, 6.45) is 121. The molecule has 0 spiro atoms. The van der Waals surface area contributed by atoms with Crippen molar-refractivity contribution in [1.82, 2.24) is 0 Å². The van der Waals surface area contributed by atoms with Crippen LogP contribution in [0.15, 0.2) is 85.1 Å². The molecule has 0 heterocycles. The molecule has 9 nitrogen and oxygen atoms in total. The number of hydrogen-bond acceptors (Lipinski definition) is 8. The number of carbonyl (C=O) groups is 2. The average molecular weight is 1460 g/mol. The van der Waals surface area contributed by atoms with E-state index in [1.165, 1.54) is 360 Å². The smallest absolute Gasteiger partial charge is 0.462 e. The Balaban J connectivity index is 3.71. The van der Waals surface area contributed by atoms with Crippen molar-refractivity contribution in [2.75, 3.05) is 26.4 Å². The normalized spacial score (nSPS) is 13.2. The number of phosphoric ester groups is 1. The van der Waals surface area contributed by atoms with Gasteiger partial charge in [-0.3, -0.25) is 18.6 Å². The zero-order valence-corrected chi connectivity index (χ0v) is 69.2. The monoisotopic (exact) mass is 1460 g/mol.